The maximum absolute atomic E-state index is 9.54. The number of thiazole rings is 1. The van der Waals surface area contributed by atoms with E-state index in [4.69, 9.17) is 6.42 Å². The molecule has 1 atom stereocenters. The van der Waals surface area contributed by atoms with Crippen molar-refractivity contribution in [1.29, 1.82) is 0 Å². The molecule has 1 aromatic rings. The van der Waals surface area contributed by atoms with Crippen molar-refractivity contribution in [3.63, 3.8) is 0 Å². The molecule has 0 radical (unpaired) electrons. The van der Waals surface area contributed by atoms with E-state index >= 15 is 0 Å². The zero-order valence-corrected chi connectivity index (χ0v) is 7.55. The Morgan fingerprint density at radius 2 is 2.58 bits per heavy atom. The molecule has 1 heterocycles. The molecule has 0 spiro atoms. The van der Waals surface area contributed by atoms with Gasteiger partial charge in [-0.05, 0) is 12.8 Å². The molecule has 0 bridgehead atoms. The van der Waals surface area contributed by atoms with Gasteiger partial charge in [0.25, 0.3) is 0 Å². The van der Waals surface area contributed by atoms with Gasteiger partial charge in [-0.1, -0.05) is 0 Å². The number of hydrogen-bond acceptors (Lipinski definition) is 3. The smallest absolute Gasteiger partial charge is 0.0898 e. The quantitative estimate of drug-likeness (QED) is 0.569. The Bertz CT molecular complexity index is 250. The van der Waals surface area contributed by atoms with E-state index in [9.17, 15) is 5.11 Å². The van der Waals surface area contributed by atoms with E-state index in [1.807, 2.05) is 0 Å². The van der Waals surface area contributed by atoms with Crippen LogP contribution in [0.2, 0.25) is 0 Å². The lowest BCUT2D eigenvalue weighted by Crippen LogP contribution is -1.93. The van der Waals surface area contributed by atoms with Gasteiger partial charge in [0, 0.05) is 12.6 Å². The van der Waals surface area contributed by atoms with Gasteiger partial charge in [-0.15, -0.1) is 23.7 Å². The highest BCUT2D eigenvalue weighted by Gasteiger charge is 2.07. The van der Waals surface area contributed by atoms with Crippen LogP contribution < -0.4 is 0 Å². The molecule has 0 aliphatic carbocycles. The number of aliphatic hydroxyl groups excluding tert-OH is 1. The largest absolute Gasteiger partial charge is 0.388 e. The van der Waals surface area contributed by atoms with Crippen LogP contribution in [0.4, 0.5) is 0 Å². The number of aromatic nitrogens is 1. The van der Waals surface area contributed by atoms with E-state index in [2.05, 4.69) is 10.9 Å². The van der Waals surface area contributed by atoms with E-state index in [1.54, 1.807) is 11.7 Å². The summed E-state index contributed by atoms with van der Waals surface area (Å²) in [4.78, 5) is 4.81. The third-order valence-corrected chi connectivity index (χ3v) is 2.46. The Kier molecular flexibility index (Phi) is 3.78. The molecule has 0 aliphatic rings. The molecule has 1 aromatic heterocycles. The van der Waals surface area contributed by atoms with Gasteiger partial charge in [0.2, 0.25) is 0 Å². The second kappa shape index (κ2) is 4.91. The number of aliphatic hydroxyl groups is 1. The number of rotatable bonds is 4. The molecule has 1 N–H and O–H groups in total. The second-order valence-electron chi connectivity index (χ2n) is 2.52. The Labute approximate surface area is 76.3 Å². The zero-order valence-electron chi connectivity index (χ0n) is 6.73. The monoisotopic (exact) mass is 181 g/mol. The lowest BCUT2D eigenvalue weighted by atomic mass is 10.1. The lowest BCUT2D eigenvalue weighted by Gasteiger charge is -2.04. The van der Waals surface area contributed by atoms with E-state index in [0.717, 1.165) is 24.1 Å². The fourth-order valence-corrected chi connectivity index (χ4v) is 1.57. The van der Waals surface area contributed by atoms with E-state index < -0.39 is 0 Å². The molecular formula is C9H11NOS. The van der Waals surface area contributed by atoms with Gasteiger partial charge in [0.15, 0.2) is 0 Å². The van der Waals surface area contributed by atoms with Crippen LogP contribution in [0.25, 0.3) is 0 Å². The van der Waals surface area contributed by atoms with Crippen molar-refractivity contribution in [3.05, 3.63) is 16.6 Å². The van der Waals surface area contributed by atoms with E-state index in [1.165, 1.54) is 11.3 Å². The van der Waals surface area contributed by atoms with Gasteiger partial charge in [-0.2, -0.15) is 0 Å². The van der Waals surface area contributed by atoms with Crippen LogP contribution in [-0.4, -0.2) is 10.1 Å². The van der Waals surface area contributed by atoms with Gasteiger partial charge in [-0.3, -0.25) is 4.98 Å². The minimum absolute atomic E-state index is 0.383. The van der Waals surface area contributed by atoms with Crippen LogP contribution in [0.3, 0.4) is 0 Å². The molecule has 1 rings (SSSR count). The first-order chi connectivity index (χ1) is 5.84. The summed E-state index contributed by atoms with van der Waals surface area (Å²) < 4.78 is 0. The number of nitrogens with zero attached hydrogens (tertiary/aromatic N) is 1. The summed E-state index contributed by atoms with van der Waals surface area (Å²) in [6.45, 7) is 0. The summed E-state index contributed by atoms with van der Waals surface area (Å²) in [5.41, 5.74) is 1.72. The van der Waals surface area contributed by atoms with Gasteiger partial charge < -0.3 is 5.11 Å². The normalized spacial score (nSPS) is 12.3. The summed E-state index contributed by atoms with van der Waals surface area (Å²) in [6.07, 6.45) is 8.74. The van der Waals surface area contributed by atoms with Gasteiger partial charge >= 0.3 is 0 Å². The lowest BCUT2D eigenvalue weighted by molar-refractivity contribution is 0.168. The second-order valence-corrected chi connectivity index (χ2v) is 3.43. The summed E-state index contributed by atoms with van der Waals surface area (Å²) in [5, 5.41) is 9.54. The van der Waals surface area contributed by atoms with Gasteiger partial charge in [0.05, 0.1) is 16.5 Å². The zero-order chi connectivity index (χ0) is 8.81. The first-order valence-corrected chi connectivity index (χ1v) is 4.72. The molecule has 0 aliphatic heterocycles. The minimum Gasteiger partial charge on any atom is -0.388 e. The maximum Gasteiger partial charge on any atom is 0.0898 e. The fraction of sp³-hybridized carbons (Fsp3) is 0.444. The first-order valence-electron chi connectivity index (χ1n) is 3.84. The minimum atomic E-state index is -0.383. The molecule has 0 saturated carbocycles. The average molecular weight is 181 g/mol. The molecule has 0 aromatic carbocycles. The topological polar surface area (TPSA) is 33.1 Å². The maximum atomic E-state index is 9.54. The number of hydrogen-bond donors (Lipinski definition) is 1. The summed E-state index contributed by atoms with van der Waals surface area (Å²) in [6, 6.07) is 0. The van der Waals surface area contributed by atoms with Crippen LogP contribution >= 0.6 is 11.3 Å². The van der Waals surface area contributed by atoms with Crippen molar-refractivity contribution in [2.24, 2.45) is 0 Å². The molecule has 3 heteroatoms. The van der Waals surface area contributed by atoms with Crippen LogP contribution in [0.5, 0.6) is 0 Å². The summed E-state index contributed by atoms with van der Waals surface area (Å²) in [7, 11) is 0. The Balaban J connectivity index is 2.30. The van der Waals surface area contributed by atoms with E-state index in [0.29, 0.717) is 0 Å². The van der Waals surface area contributed by atoms with Gasteiger partial charge in [0.1, 0.15) is 0 Å². The molecule has 0 fully saturated rings. The molecule has 12 heavy (non-hydrogen) atoms. The molecule has 0 amide bonds. The molecular weight excluding hydrogens is 170 g/mol. The highest BCUT2D eigenvalue weighted by molar-refractivity contribution is 7.09. The summed E-state index contributed by atoms with van der Waals surface area (Å²) >= 11 is 1.48. The van der Waals surface area contributed by atoms with E-state index in [-0.39, 0.29) is 6.10 Å². The predicted molar refractivity (Wildman–Crippen MR) is 49.8 cm³/mol. The third kappa shape index (κ3) is 2.65. The van der Waals surface area contributed by atoms with Crippen molar-refractivity contribution in [3.8, 4) is 12.3 Å². The van der Waals surface area contributed by atoms with Gasteiger partial charge in [-0.25, -0.2) is 0 Å². The highest BCUT2D eigenvalue weighted by Crippen LogP contribution is 2.21. The van der Waals surface area contributed by atoms with Crippen molar-refractivity contribution >= 4 is 11.3 Å². The predicted octanol–water partition coefficient (Wildman–Crippen LogP) is 1.98. The van der Waals surface area contributed by atoms with Crippen LogP contribution in [-0.2, 0) is 0 Å². The van der Waals surface area contributed by atoms with Crippen molar-refractivity contribution in [2.45, 2.75) is 25.4 Å². The standard InChI is InChI=1S/C9H11NOS/c1-2-3-4-5-8(11)9-6-10-7-12-9/h1,6-8,11H,3-5H2. The van der Waals surface area contributed by atoms with Crippen molar-refractivity contribution < 1.29 is 5.11 Å². The van der Waals surface area contributed by atoms with Crippen LogP contribution in [0.1, 0.15) is 30.2 Å². The third-order valence-electron chi connectivity index (χ3n) is 1.58. The van der Waals surface area contributed by atoms with Crippen LogP contribution in [0, 0.1) is 12.3 Å². The summed E-state index contributed by atoms with van der Waals surface area (Å²) in [5.74, 6) is 2.55. The number of unbranched alkanes of at least 4 members (excludes halogenated alkanes) is 1. The average Bonchev–Trinajstić information content (AvgIpc) is 2.56. The molecule has 0 saturated heterocycles. The Morgan fingerprint density at radius 3 is 3.17 bits per heavy atom. The van der Waals surface area contributed by atoms with Crippen LogP contribution in [0.15, 0.2) is 11.7 Å². The van der Waals surface area contributed by atoms with Crippen molar-refractivity contribution in [2.75, 3.05) is 0 Å². The SMILES string of the molecule is C#CCCCC(O)c1cncs1. The molecule has 64 valence electrons. The molecule has 1 unspecified atom stereocenters. The fourth-order valence-electron chi connectivity index (χ4n) is 0.930. The Morgan fingerprint density at radius 1 is 1.75 bits per heavy atom. The molecule has 2 nitrogen and oxygen atoms in total. The first kappa shape index (κ1) is 9.24. The Hall–Kier alpha value is -0.850. The highest BCUT2D eigenvalue weighted by atomic mass is 32.1. The van der Waals surface area contributed by atoms with Crippen molar-refractivity contribution in [1.82, 2.24) is 4.98 Å². The number of terminal acetylenes is 1.